The maximum absolute atomic E-state index is 10.4. The molecule has 2 N–H and O–H groups in total. The second-order valence-electron chi connectivity index (χ2n) is 5.23. The van der Waals surface area contributed by atoms with E-state index < -0.39 is 5.60 Å². The molecule has 0 aromatic carbocycles. The Labute approximate surface area is 94.5 Å². The Kier molecular flexibility index (Phi) is 5.07. The summed E-state index contributed by atoms with van der Waals surface area (Å²) < 4.78 is 0. The quantitative estimate of drug-likeness (QED) is 0.650. The second kappa shape index (κ2) is 5.86. The SMILES string of the molecule is CCCC(O)(CCC)CNC(C)C1CC1. The minimum absolute atomic E-state index is 0.466. The van der Waals surface area contributed by atoms with Crippen LogP contribution < -0.4 is 5.32 Å². The standard InChI is InChI=1S/C13H27NO/c1-4-8-13(15,9-5-2)10-14-11(3)12-6-7-12/h11-12,14-15H,4-10H2,1-3H3. The predicted octanol–water partition coefficient (Wildman–Crippen LogP) is 2.71. The molecule has 0 amide bonds. The van der Waals surface area contributed by atoms with E-state index in [1.165, 1.54) is 12.8 Å². The summed E-state index contributed by atoms with van der Waals surface area (Å²) in [5.41, 5.74) is -0.466. The third-order valence-electron chi connectivity index (χ3n) is 3.51. The van der Waals surface area contributed by atoms with Gasteiger partial charge in [-0.1, -0.05) is 26.7 Å². The number of hydrogen-bond donors (Lipinski definition) is 2. The van der Waals surface area contributed by atoms with E-state index in [0.29, 0.717) is 6.04 Å². The third kappa shape index (κ3) is 4.52. The van der Waals surface area contributed by atoms with Crippen molar-refractivity contribution in [2.45, 2.75) is 70.9 Å². The van der Waals surface area contributed by atoms with Crippen molar-refractivity contribution in [1.29, 1.82) is 0 Å². The van der Waals surface area contributed by atoms with Crippen LogP contribution in [0.2, 0.25) is 0 Å². The molecule has 0 heterocycles. The highest BCUT2D eigenvalue weighted by molar-refractivity contribution is 4.87. The first-order valence-corrected chi connectivity index (χ1v) is 6.57. The van der Waals surface area contributed by atoms with Crippen LogP contribution in [0.5, 0.6) is 0 Å². The van der Waals surface area contributed by atoms with E-state index in [4.69, 9.17) is 0 Å². The first-order valence-electron chi connectivity index (χ1n) is 6.57. The van der Waals surface area contributed by atoms with Crippen molar-refractivity contribution in [2.75, 3.05) is 6.54 Å². The Balaban J connectivity index is 2.28. The Morgan fingerprint density at radius 1 is 1.27 bits per heavy atom. The van der Waals surface area contributed by atoms with E-state index in [1.54, 1.807) is 0 Å². The van der Waals surface area contributed by atoms with Crippen molar-refractivity contribution in [1.82, 2.24) is 5.32 Å². The second-order valence-corrected chi connectivity index (χ2v) is 5.23. The van der Waals surface area contributed by atoms with Crippen LogP contribution in [0.15, 0.2) is 0 Å². The molecular weight excluding hydrogens is 186 g/mol. The minimum Gasteiger partial charge on any atom is -0.389 e. The van der Waals surface area contributed by atoms with E-state index in [1.807, 2.05) is 0 Å². The van der Waals surface area contributed by atoms with E-state index in [9.17, 15) is 5.11 Å². The Hall–Kier alpha value is -0.0800. The summed E-state index contributed by atoms with van der Waals surface area (Å²) in [5.74, 6) is 0.873. The zero-order valence-electron chi connectivity index (χ0n) is 10.6. The highest BCUT2D eigenvalue weighted by atomic mass is 16.3. The fraction of sp³-hybridized carbons (Fsp3) is 1.00. The summed E-state index contributed by atoms with van der Waals surface area (Å²) in [4.78, 5) is 0. The third-order valence-corrected chi connectivity index (χ3v) is 3.51. The zero-order valence-corrected chi connectivity index (χ0v) is 10.6. The summed E-state index contributed by atoms with van der Waals surface area (Å²) in [7, 11) is 0. The molecule has 2 heteroatoms. The van der Waals surface area contributed by atoms with Gasteiger partial charge in [0.2, 0.25) is 0 Å². The van der Waals surface area contributed by atoms with Crippen molar-refractivity contribution in [2.24, 2.45) is 5.92 Å². The van der Waals surface area contributed by atoms with Gasteiger partial charge in [-0.05, 0) is 38.5 Å². The monoisotopic (exact) mass is 213 g/mol. The van der Waals surface area contributed by atoms with Crippen LogP contribution in [0.25, 0.3) is 0 Å². The fourth-order valence-electron chi connectivity index (χ4n) is 2.35. The molecule has 90 valence electrons. The molecular formula is C13H27NO. The fourth-order valence-corrected chi connectivity index (χ4v) is 2.35. The summed E-state index contributed by atoms with van der Waals surface area (Å²) in [6.07, 6.45) is 6.71. The van der Waals surface area contributed by atoms with Crippen molar-refractivity contribution in [3.8, 4) is 0 Å². The summed E-state index contributed by atoms with van der Waals surface area (Å²) in [6, 6.07) is 0.588. The maximum atomic E-state index is 10.4. The van der Waals surface area contributed by atoms with Crippen LogP contribution in [-0.2, 0) is 0 Å². The predicted molar refractivity (Wildman–Crippen MR) is 65.0 cm³/mol. The smallest absolute Gasteiger partial charge is 0.0771 e. The van der Waals surface area contributed by atoms with Crippen LogP contribution in [0, 0.1) is 5.92 Å². The Morgan fingerprint density at radius 3 is 2.20 bits per heavy atom. The topological polar surface area (TPSA) is 32.3 Å². The number of aliphatic hydroxyl groups is 1. The van der Waals surface area contributed by atoms with Gasteiger partial charge in [0.25, 0.3) is 0 Å². The zero-order chi connectivity index (χ0) is 11.3. The summed E-state index contributed by atoms with van der Waals surface area (Å²) in [6.45, 7) is 7.30. The number of nitrogens with one attached hydrogen (secondary N) is 1. The average molecular weight is 213 g/mol. The molecule has 0 aliphatic heterocycles. The number of rotatable bonds is 8. The molecule has 1 rings (SSSR count). The lowest BCUT2D eigenvalue weighted by atomic mass is 9.92. The molecule has 2 nitrogen and oxygen atoms in total. The molecule has 1 aliphatic carbocycles. The highest BCUT2D eigenvalue weighted by Crippen LogP contribution is 2.32. The Morgan fingerprint density at radius 2 is 1.80 bits per heavy atom. The molecule has 1 atom stereocenters. The molecule has 15 heavy (non-hydrogen) atoms. The van der Waals surface area contributed by atoms with Gasteiger partial charge in [-0.3, -0.25) is 0 Å². The average Bonchev–Trinajstić information content (AvgIpc) is 2.98. The van der Waals surface area contributed by atoms with Gasteiger partial charge < -0.3 is 10.4 Å². The van der Waals surface area contributed by atoms with Crippen LogP contribution in [0.3, 0.4) is 0 Å². The molecule has 1 saturated carbocycles. The van der Waals surface area contributed by atoms with Crippen LogP contribution in [-0.4, -0.2) is 23.3 Å². The van der Waals surface area contributed by atoms with Gasteiger partial charge in [-0.25, -0.2) is 0 Å². The molecule has 0 aromatic rings. The maximum Gasteiger partial charge on any atom is 0.0771 e. The normalized spacial score (nSPS) is 19.2. The number of hydrogen-bond acceptors (Lipinski definition) is 2. The summed E-state index contributed by atoms with van der Waals surface area (Å²) >= 11 is 0. The lowest BCUT2D eigenvalue weighted by Crippen LogP contribution is -2.44. The van der Waals surface area contributed by atoms with Gasteiger partial charge in [0.15, 0.2) is 0 Å². The van der Waals surface area contributed by atoms with Crippen molar-refractivity contribution in [3.05, 3.63) is 0 Å². The van der Waals surface area contributed by atoms with Gasteiger partial charge in [-0.2, -0.15) is 0 Å². The molecule has 0 radical (unpaired) electrons. The molecule has 0 spiro atoms. The van der Waals surface area contributed by atoms with Gasteiger partial charge in [0, 0.05) is 12.6 Å². The van der Waals surface area contributed by atoms with Gasteiger partial charge in [0.05, 0.1) is 5.60 Å². The van der Waals surface area contributed by atoms with Crippen molar-refractivity contribution >= 4 is 0 Å². The van der Waals surface area contributed by atoms with E-state index in [0.717, 1.165) is 38.1 Å². The minimum atomic E-state index is -0.466. The molecule has 1 aliphatic rings. The largest absolute Gasteiger partial charge is 0.389 e. The van der Waals surface area contributed by atoms with Crippen LogP contribution in [0.1, 0.15) is 59.3 Å². The molecule has 1 unspecified atom stereocenters. The lowest BCUT2D eigenvalue weighted by Gasteiger charge is -2.29. The van der Waals surface area contributed by atoms with Crippen LogP contribution in [0.4, 0.5) is 0 Å². The van der Waals surface area contributed by atoms with E-state index >= 15 is 0 Å². The molecule has 0 aromatic heterocycles. The van der Waals surface area contributed by atoms with Crippen molar-refractivity contribution in [3.63, 3.8) is 0 Å². The van der Waals surface area contributed by atoms with E-state index in [-0.39, 0.29) is 0 Å². The Bertz CT molecular complexity index is 171. The molecule has 0 bridgehead atoms. The van der Waals surface area contributed by atoms with Crippen LogP contribution >= 0.6 is 0 Å². The molecule has 0 saturated heterocycles. The molecule has 1 fully saturated rings. The van der Waals surface area contributed by atoms with Gasteiger partial charge in [0.1, 0.15) is 0 Å². The van der Waals surface area contributed by atoms with E-state index in [2.05, 4.69) is 26.1 Å². The lowest BCUT2D eigenvalue weighted by molar-refractivity contribution is 0.0191. The van der Waals surface area contributed by atoms with Gasteiger partial charge >= 0.3 is 0 Å². The highest BCUT2D eigenvalue weighted by Gasteiger charge is 2.30. The summed E-state index contributed by atoms with van der Waals surface area (Å²) in [5, 5.41) is 13.9. The van der Waals surface area contributed by atoms with Crippen molar-refractivity contribution < 1.29 is 5.11 Å². The first-order chi connectivity index (χ1) is 7.11. The first kappa shape index (κ1) is 13.0. The van der Waals surface area contributed by atoms with Gasteiger partial charge in [-0.15, -0.1) is 0 Å².